The fraction of sp³-hybridized carbons (Fsp3) is 0.0714. The number of benzene rings is 2. The number of rotatable bonds is 3. The van der Waals surface area contributed by atoms with E-state index in [4.69, 9.17) is 15.8 Å². The van der Waals surface area contributed by atoms with Crippen LogP contribution in [-0.2, 0) is 15.3 Å². The lowest BCUT2D eigenvalue weighted by molar-refractivity contribution is 0.0756. The third kappa shape index (κ3) is 3.48. The van der Waals surface area contributed by atoms with Crippen LogP contribution in [0.25, 0.3) is 0 Å². The second-order valence-corrected chi connectivity index (χ2v) is 6.33. The first-order valence-electron chi connectivity index (χ1n) is 5.64. The Hall–Kier alpha value is -1.17. The minimum absolute atomic E-state index is 0.234. The predicted molar refractivity (Wildman–Crippen MR) is 82.2 cm³/mol. The summed E-state index contributed by atoms with van der Waals surface area (Å²) in [6.45, 7) is 1.92. The van der Waals surface area contributed by atoms with Gasteiger partial charge in [0.1, 0.15) is 0 Å². The smallest absolute Gasteiger partial charge is 0.353 e. The van der Waals surface area contributed by atoms with Crippen molar-refractivity contribution in [2.24, 2.45) is 0 Å². The SMILES string of the molecule is Cc1ccc(S(=O)OC(=O)c2cccc(Cl)c2Br)cc1. The Kier molecular flexibility index (Phi) is 4.96. The first-order chi connectivity index (χ1) is 9.49. The van der Waals surface area contributed by atoms with E-state index in [0.717, 1.165) is 5.56 Å². The molecule has 3 nitrogen and oxygen atoms in total. The zero-order valence-corrected chi connectivity index (χ0v) is 13.6. The summed E-state index contributed by atoms with van der Waals surface area (Å²) in [4.78, 5) is 12.4. The monoisotopic (exact) mass is 372 g/mol. The van der Waals surface area contributed by atoms with E-state index < -0.39 is 17.0 Å². The summed E-state index contributed by atoms with van der Waals surface area (Å²) >= 11 is 7.25. The first kappa shape index (κ1) is 15.2. The van der Waals surface area contributed by atoms with Gasteiger partial charge in [-0.15, -0.1) is 0 Å². The van der Waals surface area contributed by atoms with E-state index in [1.165, 1.54) is 0 Å². The van der Waals surface area contributed by atoms with Crippen LogP contribution in [0.3, 0.4) is 0 Å². The van der Waals surface area contributed by atoms with Crippen LogP contribution in [0.4, 0.5) is 0 Å². The van der Waals surface area contributed by atoms with Crippen LogP contribution < -0.4 is 0 Å². The van der Waals surface area contributed by atoms with E-state index in [1.54, 1.807) is 42.5 Å². The van der Waals surface area contributed by atoms with Crippen LogP contribution in [0.2, 0.25) is 5.02 Å². The van der Waals surface area contributed by atoms with Crippen molar-refractivity contribution in [3.63, 3.8) is 0 Å². The Morgan fingerprint density at radius 3 is 2.50 bits per heavy atom. The number of hydrogen-bond donors (Lipinski definition) is 0. The molecule has 0 saturated carbocycles. The summed E-state index contributed by atoms with van der Waals surface area (Å²) in [7, 11) is 0. The molecule has 0 spiro atoms. The molecule has 1 atom stereocenters. The molecule has 0 aromatic heterocycles. The maximum Gasteiger partial charge on any atom is 0.353 e. The van der Waals surface area contributed by atoms with Crippen LogP contribution >= 0.6 is 27.5 Å². The second-order valence-electron chi connectivity index (χ2n) is 4.02. The first-order valence-corrected chi connectivity index (χ1v) is 7.88. The molecule has 0 aliphatic rings. The highest BCUT2D eigenvalue weighted by Gasteiger charge is 2.17. The lowest BCUT2D eigenvalue weighted by Gasteiger charge is -2.06. The molecule has 0 aliphatic carbocycles. The topological polar surface area (TPSA) is 43.4 Å². The number of hydrogen-bond acceptors (Lipinski definition) is 3. The number of carbonyl (C=O) groups excluding carboxylic acids is 1. The molecule has 0 N–H and O–H groups in total. The maximum atomic E-state index is 12.0. The summed E-state index contributed by atoms with van der Waals surface area (Å²) < 4.78 is 17.3. The highest BCUT2D eigenvalue weighted by atomic mass is 79.9. The zero-order valence-electron chi connectivity index (χ0n) is 10.4. The van der Waals surface area contributed by atoms with Gasteiger partial charge in [-0.3, -0.25) is 0 Å². The molecule has 0 amide bonds. The average Bonchev–Trinajstić information content (AvgIpc) is 2.42. The van der Waals surface area contributed by atoms with Gasteiger partial charge in [0.25, 0.3) is 0 Å². The van der Waals surface area contributed by atoms with Gasteiger partial charge in [0, 0.05) is 0 Å². The number of carbonyl (C=O) groups is 1. The highest BCUT2D eigenvalue weighted by Crippen LogP contribution is 2.27. The van der Waals surface area contributed by atoms with Crippen LogP contribution in [0.5, 0.6) is 0 Å². The van der Waals surface area contributed by atoms with Crippen molar-refractivity contribution in [3.8, 4) is 0 Å². The fourth-order valence-electron chi connectivity index (χ4n) is 1.47. The zero-order chi connectivity index (χ0) is 14.7. The molecule has 0 bridgehead atoms. The molecule has 1 unspecified atom stereocenters. The van der Waals surface area contributed by atoms with Gasteiger partial charge in [0.2, 0.25) is 11.1 Å². The largest absolute Gasteiger partial charge is 0.356 e. The standard InChI is InChI=1S/C14H10BrClO3S/c1-9-5-7-10(8-6-9)20(18)19-14(17)11-3-2-4-12(16)13(11)15/h2-8H,1H3. The average molecular weight is 374 g/mol. The molecule has 104 valence electrons. The van der Waals surface area contributed by atoms with Crippen molar-refractivity contribution < 1.29 is 13.2 Å². The van der Waals surface area contributed by atoms with Gasteiger partial charge in [-0.25, -0.2) is 9.00 Å². The van der Waals surface area contributed by atoms with Gasteiger partial charge < -0.3 is 4.18 Å². The minimum Gasteiger partial charge on any atom is -0.356 e. The van der Waals surface area contributed by atoms with Gasteiger partial charge in [0.15, 0.2) is 0 Å². The predicted octanol–water partition coefficient (Wildman–Crippen LogP) is 4.29. The van der Waals surface area contributed by atoms with Crippen LogP contribution in [0, 0.1) is 6.92 Å². The summed E-state index contributed by atoms with van der Waals surface area (Å²) in [5, 5.41) is 0.389. The van der Waals surface area contributed by atoms with Gasteiger partial charge in [-0.2, -0.15) is 0 Å². The molecule has 0 fully saturated rings. The van der Waals surface area contributed by atoms with Crippen molar-refractivity contribution >= 4 is 44.6 Å². The van der Waals surface area contributed by atoms with Crippen molar-refractivity contribution in [1.29, 1.82) is 0 Å². The molecule has 0 saturated heterocycles. The van der Waals surface area contributed by atoms with Crippen LogP contribution in [-0.4, -0.2) is 10.2 Å². The molecular formula is C14H10BrClO3S. The van der Waals surface area contributed by atoms with Crippen molar-refractivity contribution in [2.45, 2.75) is 11.8 Å². The highest BCUT2D eigenvalue weighted by molar-refractivity contribution is 9.10. The fourth-order valence-corrected chi connectivity index (χ4v) is 2.76. The van der Waals surface area contributed by atoms with Crippen LogP contribution in [0.15, 0.2) is 51.8 Å². The van der Waals surface area contributed by atoms with E-state index in [2.05, 4.69) is 15.9 Å². The summed E-state index contributed by atoms with van der Waals surface area (Å²) in [6.07, 6.45) is 0. The molecule has 2 aromatic rings. The number of halogens is 2. The quantitative estimate of drug-likeness (QED) is 0.806. The van der Waals surface area contributed by atoms with Crippen molar-refractivity contribution in [1.82, 2.24) is 0 Å². The lowest BCUT2D eigenvalue weighted by atomic mass is 10.2. The lowest BCUT2D eigenvalue weighted by Crippen LogP contribution is -2.09. The third-order valence-electron chi connectivity index (χ3n) is 2.54. The minimum atomic E-state index is -1.85. The maximum absolute atomic E-state index is 12.0. The molecular weight excluding hydrogens is 364 g/mol. The molecule has 0 aliphatic heterocycles. The van der Waals surface area contributed by atoms with E-state index in [0.29, 0.717) is 14.4 Å². The molecule has 2 rings (SSSR count). The van der Waals surface area contributed by atoms with E-state index in [9.17, 15) is 9.00 Å². The van der Waals surface area contributed by atoms with Gasteiger partial charge in [-0.05, 0) is 47.1 Å². The van der Waals surface area contributed by atoms with Crippen molar-refractivity contribution in [3.05, 3.63) is 63.1 Å². The Balaban J connectivity index is 2.17. The molecule has 20 heavy (non-hydrogen) atoms. The Bertz CT molecular complexity index is 671. The Morgan fingerprint density at radius 2 is 1.85 bits per heavy atom. The Labute approximate surface area is 132 Å². The second kappa shape index (κ2) is 6.52. The Morgan fingerprint density at radius 1 is 1.20 bits per heavy atom. The molecule has 2 aromatic carbocycles. The molecule has 0 heterocycles. The normalized spacial score (nSPS) is 11.9. The van der Waals surface area contributed by atoms with Crippen LogP contribution in [0.1, 0.15) is 15.9 Å². The molecule has 0 radical (unpaired) electrons. The van der Waals surface area contributed by atoms with Crippen molar-refractivity contribution in [2.75, 3.05) is 0 Å². The summed E-state index contributed by atoms with van der Waals surface area (Å²) in [5.41, 5.74) is 1.27. The third-order valence-corrected chi connectivity index (χ3v) is 4.89. The number of aryl methyl sites for hydroxylation is 1. The van der Waals surface area contributed by atoms with Gasteiger partial charge >= 0.3 is 5.97 Å². The van der Waals surface area contributed by atoms with E-state index in [-0.39, 0.29) is 5.56 Å². The van der Waals surface area contributed by atoms with E-state index in [1.807, 2.05) is 6.92 Å². The van der Waals surface area contributed by atoms with Gasteiger partial charge in [-0.1, -0.05) is 35.4 Å². The molecule has 6 heteroatoms. The summed E-state index contributed by atoms with van der Waals surface area (Å²) in [6, 6.07) is 11.7. The summed E-state index contributed by atoms with van der Waals surface area (Å²) in [5.74, 6) is -0.696. The van der Waals surface area contributed by atoms with Gasteiger partial charge in [0.05, 0.1) is 20.0 Å². The van der Waals surface area contributed by atoms with E-state index >= 15 is 0 Å².